The minimum atomic E-state index is -1.23. The van der Waals surface area contributed by atoms with E-state index in [9.17, 15) is 14.4 Å². The average Bonchev–Trinajstić information content (AvgIpc) is 2.65. The Hall–Kier alpha value is -2.87. The summed E-state index contributed by atoms with van der Waals surface area (Å²) in [5.41, 5.74) is 4.27. The van der Waals surface area contributed by atoms with Gasteiger partial charge in [0.1, 0.15) is 5.75 Å². The van der Waals surface area contributed by atoms with Crippen LogP contribution in [0.15, 0.2) is 53.0 Å². The van der Waals surface area contributed by atoms with Crippen LogP contribution in [0, 0.1) is 0 Å². The molecule has 136 valence electrons. The maximum Gasteiger partial charge on any atom is 0.336 e. The first kappa shape index (κ1) is 19.5. The van der Waals surface area contributed by atoms with Crippen molar-refractivity contribution in [1.29, 1.82) is 0 Å². The van der Waals surface area contributed by atoms with Crippen molar-refractivity contribution in [2.45, 2.75) is 19.4 Å². The van der Waals surface area contributed by atoms with Gasteiger partial charge in [0.2, 0.25) is 0 Å². The standard InChI is InChI=1S/C18H17BrN2O5/c1-2-15(26-12-9-7-11(19)8-10-12)17(23)21-20-16(22)13-5-3-4-6-14(13)18(24)25/h3-10,15H,2H2,1H3,(H,20,22)(H,21,23)(H,24,25)/t15-/m0/s1. The van der Waals surface area contributed by atoms with Crippen LogP contribution in [-0.4, -0.2) is 29.0 Å². The van der Waals surface area contributed by atoms with Crippen LogP contribution >= 0.6 is 15.9 Å². The van der Waals surface area contributed by atoms with E-state index in [-0.39, 0.29) is 11.1 Å². The topological polar surface area (TPSA) is 105 Å². The minimum absolute atomic E-state index is 0.0535. The van der Waals surface area contributed by atoms with E-state index in [1.54, 1.807) is 31.2 Å². The van der Waals surface area contributed by atoms with Crippen LogP contribution in [0.2, 0.25) is 0 Å². The lowest BCUT2D eigenvalue weighted by Gasteiger charge is -2.17. The lowest BCUT2D eigenvalue weighted by atomic mass is 10.1. The molecule has 0 saturated heterocycles. The van der Waals surface area contributed by atoms with Crippen LogP contribution in [0.5, 0.6) is 5.75 Å². The molecule has 0 heterocycles. The van der Waals surface area contributed by atoms with Crippen molar-refractivity contribution < 1.29 is 24.2 Å². The number of halogens is 1. The second-order valence-corrected chi connectivity index (χ2v) is 6.18. The summed E-state index contributed by atoms with van der Waals surface area (Å²) in [5.74, 6) is -1.99. The van der Waals surface area contributed by atoms with Crippen molar-refractivity contribution in [3.8, 4) is 5.75 Å². The third-order valence-corrected chi connectivity index (χ3v) is 3.99. The number of aromatic carboxylic acids is 1. The molecule has 26 heavy (non-hydrogen) atoms. The molecule has 8 heteroatoms. The largest absolute Gasteiger partial charge is 0.481 e. The van der Waals surface area contributed by atoms with E-state index in [4.69, 9.17) is 9.84 Å². The van der Waals surface area contributed by atoms with Gasteiger partial charge in [0.15, 0.2) is 6.10 Å². The zero-order valence-corrected chi connectivity index (χ0v) is 15.4. The summed E-state index contributed by atoms with van der Waals surface area (Å²) in [6.07, 6.45) is -0.435. The maximum absolute atomic E-state index is 12.2. The number of benzene rings is 2. The van der Waals surface area contributed by atoms with E-state index in [1.807, 2.05) is 0 Å². The number of carbonyl (C=O) groups excluding carboxylic acids is 2. The molecule has 2 aromatic rings. The Morgan fingerprint density at radius 3 is 2.23 bits per heavy atom. The van der Waals surface area contributed by atoms with Crippen LogP contribution in [0.1, 0.15) is 34.1 Å². The molecule has 0 aromatic heterocycles. The number of amides is 2. The van der Waals surface area contributed by atoms with Crippen LogP contribution in [0.25, 0.3) is 0 Å². The molecule has 0 aliphatic carbocycles. The minimum Gasteiger partial charge on any atom is -0.481 e. The highest BCUT2D eigenvalue weighted by Gasteiger charge is 2.21. The molecule has 3 N–H and O–H groups in total. The van der Waals surface area contributed by atoms with Crippen molar-refractivity contribution in [3.05, 3.63) is 64.1 Å². The van der Waals surface area contributed by atoms with E-state index in [0.717, 1.165) is 4.47 Å². The molecule has 0 unspecified atom stereocenters. The van der Waals surface area contributed by atoms with Crippen LogP contribution in [0.3, 0.4) is 0 Å². The Bertz CT molecular complexity index is 807. The van der Waals surface area contributed by atoms with Crippen molar-refractivity contribution in [2.75, 3.05) is 0 Å². The van der Waals surface area contributed by atoms with Crippen LogP contribution in [-0.2, 0) is 4.79 Å². The molecule has 0 aliphatic rings. The molecule has 2 amide bonds. The van der Waals surface area contributed by atoms with E-state index in [1.165, 1.54) is 24.3 Å². The normalized spacial score (nSPS) is 11.3. The second kappa shape index (κ2) is 9.00. The highest BCUT2D eigenvalue weighted by atomic mass is 79.9. The molecule has 7 nitrogen and oxygen atoms in total. The molecule has 0 spiro atoms. The zero-order valence-electron chi connectivity index (χ0n) is 13.9. The number of ether oxygens (including phenoxy) is 1. The number of nitrogens with one attached hydrogen (secondary N) is 2. The summed E-state index contributed by atoms with van der Waals surface area (Å²) in [4.78, 5) is 35.5. The van der Waals surface area contributed by atoms with Crippen molar-refractivity contribution in [2.24, 2.45) is 0 Å². The molecule has 0 saturated carbocycles. The number of rotatable bonds is 6. The molecule has 0 fully saturated rings. The number of hydrazine groups is 1. The molecule has 0 bridgehead atoms. The maximum atomic E-state index is 12.2. The summed E-state index contributed by atoms with van der Waals surface area (Å²) in [6, 6.07) is 12.7. The van der Waals surface area contributed by atoms with Gasteiger partial charge in [-0.25, -0.2) is 4.79 Å². The van der Waals surface area contributed by atoms with Gasteiger partial charge in [-0.1, -0.05) is 35.0 Å². The SMILES string of the molecule is CC[C@H](Oc1ccc(Br)cc1)C(=O)NNC(=O)c1ccccc1C(=O)O. The quantitative estimate of drug-likeness (QED) is 0.623. The fraction of sp³-hybridized carbons (Fsp3) is 0.167. The molecule has 2 aromatic carbocycles. The van der Waals surface area contributed by atoms with E-state index < -0.39 is 23.9 Å². The Morgan fingerprint density at radius 1 is 1.04 bits per heavy atom. The number of carboxylic acids is 1. The monoisotopic (exact) mass is 420 g/mol. The van der Waals surface area contributed by atoms with Gasteiger partial charge in [0.05, 0.1) is 11.1 Å². The second-order valence-electron chi connectivity index (χ2n) is 5.26. The fourth-order valence-corrected chi connectivity index (χ4v) is 2.40. The predicted octanol–water partition coefficient (Wildman–Crippen LogP) is 2.77. The van der Waals surface area contributed by atoms with Crippen LogP contribution in [0.4, 0.5) is 0 Å². The predicted molar refractivity (Wildman–Crippen MR) is 97.9 cm³/mol. The Morgan fingerprint density at radius 2 is 1.65 bits per heavy atom. The first-order chi connectivity index (χ1) is 12.4. The summed E-state index contributed by atoms with van der Waals surface area (Å²) in [7, 11) is 0. The summed E-state index contributed by atoms with van der Waals surface area (Å²) in [5, 5.41) is 9.11. The van der Waals surface area contributed by atoms with E-state index in [0.29, 0.717) is 12.2 Å². The van der Waals surface area contributed by atoms with Gasteiger partial charge in [-0.05, 0) is 42.8 Å². The van der Waals surface area contributed by atoms with Crippen molar-refractivity contribution in [3.63, 3.8) is 0 Å². The van der Waals surface area contributed by atoms with Gasteiger partial charge in [-0.3, -0.25) is 20.4 Å². The van der Waals surface area contributed by atoms with Crippen molar-refractivity contribution in [1.82, 2.24) is 10.9 Å². The van der Waals surface area contributed by atoms with Gasteiger partial charge < -0.3 is 9.84 Å². The molecular weight excluding hydrogens is 404 g/mol. The number of hydrogen-bond acceptors (Lipinski definition) is 4. The smallest absolute Gasteiger partial charge is 0.336 e. The lowest BCUT2D eigenvalue weighted by Crippen LogP contribution is -2.48. The number of hydrogen-bond donors (Lipinski definition) is 3. The molecule has 2 rings (SSSR count). The zero-order chi connectivity index (χ0) is 19.1. The number of carboxylic acid groups (broad SMARTS) is 1. The molecule has 0 radical (unpaired) electrons. The molecular formula is C18H17BrN2O5. The number of carbonyl (C=O) groups is 3. The Labute approximate surface area is 158 Å². The van der Waals surface area contributed by atoms with Gasteiger partial charge >= 0.3 is 5.97 Å². The average molecular weight is 421 g/mol. The summed E-state index contributed by atoms with van der Waals surface area (Å²) in [6.45, 7) is 1.77. The lowest BCUT2D eigenvalue weighted by molar-refractivity contribution is -0.128. The molecule has 1 atom stereocenters. The van der Waals surface area contributed by atoms with E-state index >= 15 is 0 Å². The summed E-state index contributed by atoms with van der Waals surface area (Å²) < 4.78 is 6.48. The fourth-order valence-electron chi connectivity index (χ4n) is 2.13. The van der Waals surface area contributed by atoms with E-state index in [2.05, 4.69) is 26.8 Å². The first-order valence-corrected chi connectivity index (χ1v) is 8.56. The summed E-state index contributed by atoms with van der Waals surface area (Å²) >= 11 is 3.31. The van der Waals surface area contributed by atoms with Gasteiger partial charge in [-0.15, -0.1) is 0 Å². The third-order valence-electron chi connectivity index (χ3n) is 3.46. The highest BCUT2D eigenvalue weighted by Crippen LogP contribution is 2.18. The van der Waals surface area contributed by atoms with Gasteiger partial charge in [0, 0.05) is 4.47 Å². The third kappa shape index (κ3) is 5.06. The van der Waals surface area contributed by atoms with Gasteiger partial charge in [-0.2, -0.15) is 0 Å². The highest BCUT2D eigenvalue weighted by molar-refractivity contribution is 9.10. The molecule has 0 aliphatic heterocycles. The van der Waals surface area contributed by atoms with Crippen LogP contribution < -0.4 is 15.6 Å². The Balaban J connectivity index is 1.99. The Kier molecular flexibility index (Phi) is 6.74. The first-order valence-electron chi connectivity index (χ1n) is 7.77. The van der Waals surface area contributed by atoms with Gasteiger partial charge in [0.25, 0.3) is 11.8 Å². The van der Waals surface area contributed by atoms with Crippen molar-refractivity contribution >= 4 is 33.7 Å².